The van der Waals surface area contributed by atoms with Gasteiger partial charge in [-0.05, 0) is 43.3 Å². The molecule has 0 atom stereocenters. The molecule has 0 bridgehead atoms. The van der Waals surface area contributed by atoms with Gasteiger partial charge in [-0.2, -0.15) is 0 Å². The van der Waals surface area contributed by atoms with Gasteiger partial charge in [-0.25, -0.2) is 9.78 Å². The fourth-order valence-corrected chi connectivity index (χ4v) is 3.51. The summed E-state index contributed by atoms with van der Waals surface area (Å²) in [5.74, 6) is 0.0735. The zero-order chi connectivity index (χ0) is 21.5. The van der Waals surface area contributed by atoms with Crippen LogP contribution in [0.1, 0.15) is 20.4 Å². The average Bonchev–Trinajstić information content (AvgIpc) is 3.12. The van der Waals surface area contributed by atoms with Crippen LogP contribution in [-0.2, 0) is 16.1 Å². The van der Waals surface area contributed by atoms with E-state index >= 15 is 0 Å². The molecule has 156 valence electrons. The molecule has 1 aromatic heterocycles. The maximum atomic E-state index is 12.4. The Labute approximate surface area is 182 Å². The van der Waals surface area contributed by atoms with Crippen molar-refractivity contribution in [2.24, 2.45) is 0 Å². The summed E-state index contributed by atoms with van der Waals surface area (Å²) in [6, 6.07) is 13.9. The van der Waals surface area contributed by atoms with Gasteiger partial charge in [0, 0.05) is 5.02 Å². The predicted molar refractivity (Wildman–Crippen MR) is 115 cm³/mol. The van der Waals surface area contributed by atoms with E-state index in [-0.39, 0.29) is 6.61 Å². The van der Waals surface area contributed by atoms with Crippen LogP contribution in [0.25, 0.3) is 0 Å². The zero-order valence-corrected chi connectivity index (χ0v) is 17.9. The van der Waals surface area contributed by atoms with Crippen molar-refractivity contribution in [2.75, 3.05) is 19.0 Å². The Bertz CT molecular complexity index is 1040. The highest BCUT2D eigenvalue weighted by Gasteiger charge is 2.18. The highest BCUT2D eigenvalue weighted by molar-refractivity contribution is 7.13. The molecule has 3 rings (SSSR count). The minimum atomic E-state index is -0.613. The van der Waals surface area contributed by atoms with Crippen molar-refractivity contribution in [1.82, 2.24) is 4.98 Å². The molecule has 1 N–H and O–H groups in total. The Morgan fingerprint density at radius 2 is 1.87 bits per heavy atom. The van der Waals surface area contributed by atoms with Crippen molar-refractivity contribution in [3.8, 4) is 11.5 Å². The Morgan fingerprint density at radius 1 is 1.13 bits per heavy atom. The number of anilines is 1. The second-order valence-electron chi connectivity index (χ2n) is 6.09. The molecule has 7 nitrogen and oxygen atoms in total. The molecule has 2 aromatic carbocycles. The minimum absolute atomic E-state index is 0.203. The second-order valence-corrected chi connectivity index (χ2v) is 7.61. The number of esters is 1. The van der Waals surface area contributed by atoms with Crippen molar-refractivity contribution in [2.45, 2.75) is 13.5 Å². The van der Waals surface area contributed by atoms with Gasteiger partial charge < -0.3 is 19.5 Å². The van der Waals surface area contributed by atoms with Gasteiger partial charge in [0.1, 0.15) is 28.0 Å². The summed E-state index contributed by atoms with van der Waals surface area (Å²) in [7, 11) is 1.51. The van der Waals surface area contributed by atoms with Crippen LogP contribution >= 0.6 is 22.9 Å². The van der Waals surface area contributed by atoms with E-state index in [0.717, 1.165) is 11.3 Å². The number of ether oxygens (including phenoxy) is 3. The molecule has 30 heavy (non-hydrogen) atoms. The number of para-hydroxylation sites is 2. The average molecular weight is 447 g/mol. The van der Waals surface area contributed by atoms with E-state index in [1.165, 1.54) is 7.11 Å². The van der Waals surface area contributed by atoms with E-state index in [9.17, 15) is 9.59 Å². The van der Waals surface area contributed by atoms with Gasteiger partial charge in [0.05, 0.1) is 18.5 Å². The Kier molecular flexibility index (Phi) is 7.26. The van der Waals surface area contributed by atoms with Crippen LogP contribution in [0.2, 0.25) is 5.02 Å². The lowest BCUT2D eigenvalue weighted by Gasteiger charge is -2.09. The third-order valence-corrected chi connectivity index (χ3v) is 5.28. The summed E-state index contributed by atoms with van der Waals surface area (Å²) in [4.78, 5) is 29.1. The number of aryl methyl sites for hydroxylation is 1. The molecule has 3 aromatic rings. The lowest BCUT2D eigenvalue weighted by molar-refractivity contribution is -0.119. The highest BCUT2D eigenvalue weighted by Crippen LogP contribution is 2.24. The first-order valence-electron chi connectivity index (χ1n) is 8.91. The largest absolute Gasteiger partial charge is 0.495 e. The zero-order valence-electron chi connectivity index (χ0n) is 16.3. The number of nitrogens with one attached hydrogen (secondary N) is 1. The van der Waals surface area contributed by atoms with Gasteiger partial charge in [-0.15, -0.1) is 11.3 Å². The Hall–Kier alpha value is -3.10. The van der Waals surface area contributed by atoms with E-state index in [0.29, 0.717) is 37.8 Å². The third kappa shape index (κ3) is 5.71. The summed E-state index contributed by atoms with van der Waals surface area (Å²) >= 11 is 7.01. The normalized spacial score (nSPS) is 10.4. The van der Waals surface area contributed by atoms with E-state index < -0.39 is 18.5 Å². The lowest BCUT2D eigenvalue weighted by atomic mass is 10.3. The first-order valence-corrected chi connectivity index (χ1v) is 10.1. The van der Waals surface area contributed by atoms with Crippen LogP contribution in [0, 0.1) is 6.92 Å². The molecule has 1 heterocycles. The van der Waals surface area contributed by atoms with Crippen LogP contribution in [0.4, 0.5) is 5.69 Å². The fraction of sp³-hybridized carbons (Fsp3) is 0.190. The standard InChI is InChI=1S/C21H19ClN2O5S/c1-13-20(30-19(23-13)12-28-15-9-7-14(22)8-10-15)21(26)29-11-18(25)24-16-5-3-4-6-17(16)27-2/h3-10H,11-12H2,1-2H3,(H,24,25). The number of rotatable bonds is 8. The van der Waals surface area contributed by atoms with Crippen molar-refractivity contribution in [3.63, 3.8) is 0 Å². The quantitative estimate of drug-likeness (QED) is 0.513. The second kappa shape index (κ2) is 10.1. The van der Waals surface area contributed by atoms with Crippen LogP contribution in [0.15, 0.2) is 48.5 Å². The lowest BCUT2D eigenvalue weighted by Crippen LogP contribution is -2.21. The summed E-state index contributed by atoms with van der Waals surface area (Å²) in [5.41, 5.74) is 1.02. The number of carbonyl (C=O) groups excluding carboxylic acids is 2. The van der Waals surface area contributed by atoms with E-state index in [4.69, 9.17) is 25.8 Å². The van der Waals surface area contributed by atoms with Crippen molar-refractivity contribution in [1.29, 1.82) is 0 Å². The van der Waals surface area contributed by atoms with Crippen LogP contribution in [0.5, 0.6) is 11.5 Å². The number of methoxy groups -OCH3 is 1. The van der Waals surface area contributed by atoms with Crippen LogP contribution < -0.4 is 14.8 Å². The number of hydrogen-bond donors (Lipinski definition) is 1. The van der Waals surface area contributed by atoms with E-state index in [2.05, 4.69) is 10.3 Å². The van der Waals surface area contributed by atoms with Crippen molar-refractivity contribution in [3.05, 3.63) is 69.1 Å². The first-order chi connectivity index (χ1) is 14.5. The molecule has 0 radical (unpaired) electrons. The number of aromatic nitrogens is 1. The Morgan fingerprint density at radius 3 is 2.60 bits per heavy atom. The smallest absolute Gasteiger partial charge is 0.350 e. The molecule has 1 amide bonds. The molecule has 0 spiro atoms. The molecule has 0 fully saturated rings. The minimum Gasteiger partial charge on any atom is -0.495 e. The first kappa shape index (κ1) is 21.6. The number of amides is 1. The van der Waals surface area contributed by atoms with Gasteiger partial charge >= 0.3 is 5.97 Å². The van der Waals surface area contributed by atoms with Gasteiger partial charge in [-0.3, -0.25) is 4.79 Å². The van der Waals surface area contributed by atoms with E-state index in [1.807, 2.05) is 0 Å². The van der Waals surface area contributed by atoms with Gasteiger partial charge in [-0.1, -0.05) is 23.7 Å². The van der Waals surface area contributed by atoms with Gasteiger partial charge in [0.2, 0.25) is 0 Å². The van der Waals surface area contributed by atoms with Gasteiger partial charge in [0.15, 0.2) is 6.61 Å². The molecule has 0 aliphatic rings. The molecule has 0 aliphatic heterocycles. The fourth-order valence-electron chi connectivity index (χ4n) is 2.51. The molecule has 0 saturated carbocycles. The Balaban J connectivity index is 1.53. The summed E-state index contributed by atoms with van der Waals surface area (Å²) in [5, 5.41) is 3.88. The van der Waals surface area contributed by atoms with Crippen molar-refractivity contribution < 1.29 is 23.8 Å². The van der Waals surface area contributed by atoms with Crippen molar-refractivity contribution >= 4 is 40.5 Å². The number of carbonyl (C=O) groups is 2. The van der Waals surface area contributed by atoms with Gasteiger partial charge in [0.25, 0.3) is 5.91 Å². The highest BCUT2D eigenvalue weighted by atomic mass is 35.5. The summed E-state index contributed by atoms with van der Waals surface area (Å²) in [6.07, 6.45) is 0. The maximum absolute atomic E-state index is 12.4. The third-order valence-electron chi connectivity index (χ3n) is 3.92. The molecule has 0 unspecified atom stereocenters. The number of benzene rings is 2. The predicted octanol–water partition coefficient (Wildman–Crippen LogP) is 4.49. The monoisotopic (exact) mass is 446 g/mol. The van der Waals surface area contributed by atoms with E-state index in [1.54, 1.807) is 55.5 Å². The molecular weight excluding hydrogens is 428 g/mol. The summed E-state index contributed by atoms with van der Waals surface area (Å²) < 4.78 is 15.9. The number of halogens is 1. The maximum Gasteiger partial charge on any atom is 0.350 e. The molecule has 9 heteroatoms. The van der Waals surface area contributed by atoms with Crippen LogP contribution in [0.3, 0.4) is 0 Å². The van der Waals surface area contributed by atoms with Crippen LogP contribution in [-0.4, -0.2) is 30.6 Å². The summed E-state index contributed by atoms with van der Waals surface area (Å²) in [6.45, 7) is 1.48. The number of nitrogens with zero attached hydrogens (tertiary/aromatic N) is 1. The molecule has 0 aliphatic carbocycles. The number of hydrogen-bond acceptors (Lipinski definition) is 7. The molecular formula is C21H19ClN2O5S. The number of thiazole rings is 1. The topological polar surface area (TPSA) is 86.8 Å². The SMILES string of the molecule is COc1ccccc1NC(=O)COC(=O)c1sc(COc2ccc(Cl)cc2)nc1C. The molecule has 0 saturated heterocycles.